The summed E-state index contributed by atoms with van der Waals surface area (Å²) in [7, 11) is -3.83. The van der Waals surface area contributed by atoms with Crippen molar-refractivity contribution in [3.05, 3.63) is 59.7 Å². The molecule has 39 heavy (non-hydrogen) atoms. The van der Waals surface area contributed by atoms with Crippen LogP contribution in [0.15, 0.2) is 48.5 Å². The van der Waals surface area contributed by atoms with E-state index in [9.17, 15) is 27.9 Å². The topological polar surface area (TPSA) is 124 Å². The minimum atomic E-state index is -3.83. The number of β-lactam (4-membered cyclic amide) rings is 1. The number of hydrogen-bond acceptors (Lipinski definition) is 6. The van der Waals surface area contributed by atoms with Crippen LogP contribution in [-0.4, -0.2) is 58.4 Å². The Bertz CT molecular complexity index is 1380. The maximum Gasteiger partial charge on any atom is 0.252 e. The normalized spacial score (nSPS) is 24.4. The van der Waals surface area contributed by atoms with E-state index in [0.29, 0.717) is 11.3 Å². The summed E-state index contributed by atoms with van der Waals surface area (Å²) in [5.74, 6) is -1.42. The Kier molecular flexibility index (Phi) is 6.95. The van der Waals surface area contributed by atoms with Crippen molar-refractivity contribution in [2.24, 2.45) is 0 Å². The Labute approximate surface area is 229 Å². The van der Waals surface area contributed by atoms with Gasteiger partial charge in [0.2, 0.25) is 11.8 Å². The number of hydrogen-bond donors (Lipinski definition) is 2. The first-order valence-electron chi connectivity index (χ1n) is 13.5. The largest absolute Gasteiger partial charge is 0.508 e. The number of fused-ring (bicyclic) bond motifs is 1. The van der Waals surface area contributed by atoms with E-state index in [-0.39, 0.29) is 18.2 Å². The molecule has 3 atom stereocenters. The molecule has 2 saturated heterocycles. The molecular weight excluding hydrogens is 518 g/mol. The lowest BCUT2D eigenvalue weighted by Crippen LogP contribution is -2.61. The zero-order chi connectivity index (χ0) is 28.1. The molecule has 0 unspecified atom stereocenters. The number of carbonyl (C=O) groups excluding carboxylic acids is 3. The van der Waals surface area contributed by atoms with Gasteiger partial charge in [-0.2, -0.15) is 0 Å². The summed E-state index contributed by atoms with van der Waals surface area (Å²) < 4.78 is 25.1. The van der Waals surface area contributed by atoms with Gasteiger partial charge in [0.1, 0.15) is 23.2 Å². The van der Waals surface area contributed by atoms with E-state index in [1.54, 1.807) is 24.3 Å². The van der Waals surface area contributed by atoms with E-state index in [0.717, 1.165) is 37.7 Å². The van der Waals surface area contributed by atoms with Gasteiger partial charge in [0, 0.05) is 11.7 Å². The fourth-order valence-corrected chi connectivity index (χ4v) is 8.20. The van der Waals surface area contributed by atoms with Crippen LogP contribution in [0.1, 0.15) is 69.5 Å². The predicted molar refractivity (Wildman–Crippen MR) is 147 cm³/mol. The van der Waals surface area contributed by atoms with Crippen molar-refractivity contribution in [3.8, 4) is 5.75 Å². The van der Waals surface area contributed by atoms with Crippen LogP contribution in [0.2, 0.25) is 0 Å². The highest BCUT2D eigenvalue weighted by Crippen LogP contribution is 2.47. The van der Waals surface area contributed by atoms with Crippen molar-refractivity contribution in [2.75, 3.05) is 4.90 Å². The van der Waals surface area contributed by atoms with Gasteiger partial charge in [0.05, 0.1) is 11.2 Å². The fraction of sp³-hybridized carbons (Fsp3) is 0.483. The van der Waals surface area contributed by atoms with Crippen LogP contribution in [0.3, 0.4) is 0 Å². The first kappa shape index (κ1) is 27.2. The smallest absolute Gasteiger partial charge is 0.252 e. The lowest BCUT2D eigenvalue weighted by Gasteiger charge is -2.41. The first-order valence-corrected chi connectivity index (χ1v) is 15.0. The Morgan fingerprint density at radius 1 is 1.03 bits per heavy atom. The van der Waals surface area contributed by atoms with Crippen LogP contribution in [-0.2, 0) is 24.2 Å². The summed E-state index contributed by atoms with van der Waals surface area (Å²) in [6.45, 7) is 4.85. The number of phenols is 1. The summed E-state index contributed by atoms with van der Waals surface area (Å²) in [4.78, 5) is 43.8. The van der Waals surface area contributed by atoms with Gasteiger partial charge in [-0.05, 0) is 63.4 Å². The van der Waals surface area contributed by atoms with Gasteiger partial charge in [0.15, 0.2) is 9.84 Å². The number of carbonyl (C=O) groups is 3. The SMILES string of the molecule is Cc1ccc(N(C(=O)[C@H]2N3C(=O)C[C@H]3S(=O)(=O)C2(C)C)[C@@H](C(=O)NC2CCCCC2)c2ccc(O)cc2)cc1. The summed E-state index contributed by atoms with van der Waals surface area (Å²) in [6, 6.07) is 10.7. The molecule has 2 aromatic rings. The number of aryl methyl sites for hydroxylation is 1. The van der Waals surface area contributed by atoms with Crippen molar-refractivity contribution in [2.45, 2.75) is 87.5 Å². The maximum absolute atomic E-state index is 14.6. The summed E-state index contributed by atoms with van der Waals surface area (Å²) in [5.41, 5.74) is 1.81. The van der Waals surface area contributed by atoms with Crippen LogP contribution in [0.25, 0.3) is 0 Å². The Morgan fingerprint density at radius 2 is 1.64 bits per heavy atom. The highest BCUT2D eigenvalue weighted by molar-refractivity contribution is 7.93. The number of benzene rings is 2. The van der Waals surface area contributed by atoms with Gasteiger partial charge in [-0.1, -0.05) is 49.1 Å². The van der Waals surface area contributed by atoms with Crippen LogP contribution >= 0.6 is 0 Å². The molecule has 1 aliphatic carbocycles. The van der Waals surface area contributed by atoms with E-state index < -0.39 is 49.8 Å². The average molecular weight is 554 g/mol. The minimum Gasteiger partial charge on any atom is -0.508 e. The van der Waals surface area contributed by atoms with Crippen molar-refractivity contribution in [1.29, 1.82) is 0 Å². The Hall–Kier alpha value is -3.40. The molecule has 5 rings (SSSR count). The van der Waals surface area contributed by atoms with Crippen LogP contribution < -0.4 is 10.2 Å². The average Bonchev–Trinajstić information content (AvgIpc) is 3.02. The van der Waals surface area contributed by atoms with Crippen molar-refractivity contribution in [3.63, 3.8) is 0 Å². The predicted octanol–water partition coefficient (Wildman–Crippen LogP) is 3.36. The van der Waals surface area contributed by atoms with Gasteiger partial charge in [-0.15, -0.1) is 0 Å². The molecule has 0 spiro atoms. The summed E-state index contributed by atoms with van der Waals surface area (Å²) in [5, 5.41) is 12.0. The lowest BCUT2D eigenvalue weighted by atomic mass is 9.93. The lowest BCUT2D eigenvalue weighted by molar-refractivity contribution is -0.149. The molecule has 2 N–H and O–H groups in total. The summed E-state index contributed by atoms with van der Waals surface area (Å²) >= 11 is 0. The third kappa shape index (κ3) is 4.58. The number of nitrogens with one attached hydrogen (secondary N) is 1. The first-order chi connectivity index (χ1) is 18.4. The van der Waals surface area contributed by atoms with E-state index in [1.165, 1.54) is 35.8 Å². The molecule has 2 aromatic carbocycles. The second kappa shape index (κ2) is 9.97. The second-order valence-electron chi connectivity index (χ2n) is 11.4. The van der Waals surface area contributed by atoms with Gasteiger partial charge in [0.25, 0.3) is 5.91 Å². The number of anilines is 1. The van der Waals surface area contributed by atoms with Crippen LogP contribution in [0.4, 0.5) is 5.69 Å². The number of rotatable bonds is 6. The van der Waals surface area contributed by atoms with E-state index in [4.69, 9.17) is 0 Å². The van der Waals surface area contributed by atoms with Crippen molar-refractivity contribution < 1.29 is 27.9 Å². The molecule has 0 radical (unpaired) electrons. The number of sulfone groups is 1. The monoisotopic (exact) mass is 553 g/mol. The second-order valence-corrected chi connectivity index (χ2v) is 14.1. The molecule has 9 nitrogen and oxygen atoms in total. The number of phenolic OH excluding ortho intramolecular Hbond substituents is 1. The highest BCUT2D eigenvalue weighted by Gasteiger charge is 2.68. The molecule has 208 valence electrons. The Morgan fingerprint density at radius 3 is 2.23 bits per heavy atom. The molecule has 0 bridgehead atoms. The number of nitrogens with zero attached hydrogens (tertiary/aromatic N) is 2. The van der Waals surface area contributed by atoms with Crippen molar-refractivity contribution in [1.82, 2.24) is 10.2 Å². The molecular formula is C29H35N3O6S. The van der Waals surface area contributed by atoms with E-state index >= 15 is 0 Å². The van der Waals surface area contributed by atoms with Gasteiger partial charge in [-0.25, -0.2) is 8.42 Å². The minimum absolute atomic E-state index is 0.00967. The van der Waals surface area contributed by atoms with Crippen LogP contribution in [0.5, 0.6) is 5.75 Å². The highest BCUT2D eigenvalue weighted by atomic mass is 32.2. The van der Waals surface area contributed by atoms with Gasteiger partial charge < -0.3 is 15.3 Å². The standard InChI is InChI=1S/C29H35N3O6S/c1-18-9-13-21(14-10-18)31(28(36)26-29(2,3)39(37,38)24-17-23(34)32(24)26)25(19-11-15-22(33)16-12-19)27(35)30-20-7-5-4-6-8-20/h9-16,20,24-26,33H,4-8,17H2,1-3H3,(H,30,35)/t24-,25-,26-/m1/s1. The van der Waals surface area contributed by atoms with Gasteiger partial charge in [-0.3, -0.25) is 19.3 Å². The molecule has 1 saturated carbocycles. The fourth-order valence-electron chi connectivity index (χ4n) is 6.07. The number of aromatic hydroxyl groups is 1. The molecule has 3 fully saturated rings. The third-order valence-corrected chi connectivity index (χ3v) is 11.2. The van der Waals surface area contributed by atoms with E-state index in [2.05, 4.69) is 5.32 Å². The number of amides is 3. The van der Waals surface area contributed by atoms with Crippen molar-refractivity contribution >= 4 is 33.2 Å². The summed E-state index contributed by atoms with van der Waals surface area (Å²) in [6.07, 6.45) is 4.64. The molecule has 3 aliphatic rings. The molecule has 10 heteroatoms. The molecule has 0 aromatic heterocycles. The third-order valence-electron chi connectivity index (χ3n) is 8.43. The van der Waals surface area contributed by atoms with E-state index in [1.807, 2.05) is 19.1 Å². The zero-order valence-electron chi connectivity index (χ0n) is 22.5. The molecule has 2 heterocycles. The van der Waals surface area contributed by atoms with Gasteiger partial charge >= 0.3 is 0 Å². The molecule has 2 aliphatic heterocycles. The van der Waals surface area contributed by atoms with Crippen LogP contribution in [0, 0.1) is 6.92 Å². The quantitative estimate of drug-likeness (QED) is 0.529. The zero-order valence-corrected chi connectivity index (χ0v) is 23.3. The molecule has 3 amide bonds. The Balaban J connectivity index is 1.63. The maximum atomic E-state index is 14.6.